The third kappa shape index (κ3) is 0.964. The van der Waals surface area contributed by atoms with Gasteiger partial charge in [0.05, 0.1) is 12.7 Å². The van der Waals surface area contributed by atoms with Crippen molar-refractivity contribution in [3.63, 3.8) is 0 Å². The quantitative estimate of drug-likeness (QED) is 0.426. The van der Waals surface area contributed by atoms with Gasteiger partial charge in [-0.1, -0.05) is 0 Å². The number of nitrogens with zero attached hydrogens (tertiary/aromatic N) is 2. The first kappa shape index (κ1) is 7.90. The summed E-state index contributed by atoms with van der Waals surface area (Å²) in [5, 5.41) is 7.58. The molecule has 5 heteroatoms. The molecule has 0 saturated carbocycles. The van der Waals surface area contributed by atoms with Gasteiger partial charge in [-0.15, -0.1) is 0 Å². The predicted octanol–water partition coefficient (Wildman–Crippen LogP) is -2.37. The van der Waals surface area contributed by atoms with Gasteiger partial charge in [0.1, 0.15) is 6.17 Å². The Hall–Kier alpha value is -1.46. The summed E-state index contributed by atoms with van der Waals surface area (Å²) in [4.78, 5) is 8.53. The Bertz CT molecular complexity index is 480. The van der Waals surface area contributed by atoms with Crippen LogP contribution in [0.2, 0.25) is 0 Å². The molecule has 3 heterocycles. The number of nitrogens with one attached hydrogen (secondary N) is 2. The van der Waals surface area contributed by atoms with Crippen LogP contribution in [-0.2, 0) is 0 Å². The number of hydrogen-bond acceptors (Lipinski definition) is 5. The molecule has 2 aliphatic rings. The minimum Gasteiger partial charge on any atom is -0.374 e. The van der Waals surface area contributed by atoms with Crippen molar-refractivity contribution in [1.29, 1.82) is 0 Å². The lowest BCUT2D eigenvalue weighted by Gasteiger charge is -2.19. The molecular formula is C9H11N5. The Balaban J connectivity index is 2.37. The minimum absolute atomic E-state index is 0.117. The summed E-state index contributed by atoms with van der Waals surface area (Å²) in [6, 6.07) is 4.04. The largest absolute Gasteiger partial charge is 0.374 e. The van der Waals surface area contributed by atoms with Crippen LogP contribution in [0.1, 0.15) is 0 Å². The molecule has 0 aromatic carbocycles. The van der Waals surface area contributed by atoms with Crippen LogP contribution < -0.4 is 27.1 Å². The molecule has 0 aliphatic carbocycles. The summed E-state index contributed by atoms with van der Waals surface area (Å²) < 4.78 is 0. The maximum absolute atomic E-state index is 5.90. The fourth-order valence-corrected chi connectivity index (χ4v) is 1.95. The summed E-state index contributed by atoms with van der Waals surface area (Å²) >= 11 is 0. The van der Waals surface area contributed by atoms with Gasteiger partial charge in [-0.25, -0.2) is 9.98 Å². The Kier molecular flexibility index (Phi) is 1.56. The second kappa shape index (κ2) is 2.76. The number of aromatic nitrogens is 1. The SMILES string of the molecule is NC1N=c2ncccc2=C2NCNC21. The Morgan fingerprint density at radius 1 is 1.50 bits per heavy atom. The molecule has 1 aromatic heterocycles. The van der Waals surface area contributed by atoms with Gasteiger partial charge in [-0.2, -0.15) is 0 Å². The van der Waals surface area contributed by atoms with E-state index in [1.54, 1.807) is 6.20 Å². The predicted molar refractivity (Wildman–Crippen MR) is 51.3 cm³/mol. The Labute approximate surface area is 80.7 Å². The van der Waals surface area contributed by atoms with Gasteiger partial charge >= 0.3 is 0 Å². The van der Waals surface area contributed by atoms with Crippen molar-refractivity contribution in [3.05, 3.63) is 29.0 Å². The van der Waals surface area contributed by atoms with E-state index in [1.165, 1.54) is 0 Å². The second-order valence-corrected chi connectivity index (χ2v) is 3.44. The van der Waals surface area contributed by atoms with E-state index in [4.69, 9.17) is 5.73 Å². The van der Waals surface area contributed by atoms with Gasteiger partial charge < -0.3 is 11.1 Å². The van der Waals surface area contributed by atoms with Gasteiger partial charge in [-0.3, -0.25) is 5.32 Å². The topological polar surface area (TPSA) is 75.3 Å². The average Bonchev–Trinajstić information content (AvgIpc) is 2.67. The van der Waals surface area contributed by atoms with Crippen LogP contribution >= 0.6 is 0 Å². The van der Waals surface area contributed by atoms with Gasteiger partial charge in [0, 0.05) is 17.1 Å². The van der Waals surface area contributed by atoms with E-state index in [0.717, 1.165) is 23.1 Å². The highest BCUT2D eigenvalue weighted by Gasteiger charge is 2.29. The zero-order chi connectivity index (χ0) is 9.54. The molecule has 1 aromatic rings. The highest BCUT2D eigenvalue weighted by atomic mass is 15.2. The monoisotopic (exact) mass is 189 g/mol. The fraction of sp³-hybridized carbons (Fsp3) is 0.333. The van der Waals surface area contributed by atoms with Crippen LogP contribution in [0.3, 0.4) is 0 Å². The van der Waals surface area contributed by atoms with Crippen LogP contribution in [0.25, 0.3) is 5.70 Å². The van der Waals surface area contributed by atoms with Gasteiger partial charge in [0.2, 0.25) is 0 Å². The van der Waals surface area contributed by atoms with Crippen LogP contribution in [0.4, 0.5) is 0 Å². The van der Waals surface area contributed by atoms with E-state index in [0.29, 0.717) is 0 Å². The normalized spacial score (nSPS) is 28.8. The van der Waals surface area contributed by atoms with Crippen molar-refractivity contribution < 1.29 is 0 Å². The van der Waals surface area contributed by atoms with E-state index in [9.17, 15) is 0 Å². The van der Waals surface area contributed by atoms with Crippen molar-refractivity contribution in [2.75, 3.05) is 6.67 Å². The summed E-state index contributed by atoms with van der Waals surface area (Å²) in [7, 11) is 0. The molecule has 0 bridgehead atoms. The first-order valence-electron chi connectivity index (χ1n) is 4.62. The van der Waals surface area contributed by atoms with Gasteiger partial charge in [0.15, 0.2) is 5.49 Å². The molecule has 0 spiro atoms. The van der Waals surface area contributed by atoms with Crippen LogP contribution in [-0.4, -0.2) is 23.9 Å². The first-order valence-corrected chi connectivity index (χ1v) is 4.62. The number of fused-ring (bicyclic) bond motifs is 2. The molecule has 72 valence electrons. The number of nitrogens with two attached hydrogens (primary N) is 1. The molecule has 0 amide bonds. The molecule has 5 nitrogen and oxygen atoms in total. The molecular weight excluding hydrogens is 178 g/mol. The zero-order valence-electron chi connectivity index (χ0n) is 7.57. The highest BCUT2D eigenvalue weighted by Crippen LogP contribution is 2.08. The maximum atomic E-state index is 5.90. The average molecular weight is 189 g/mol. The molecule has 3 rings (SSSR count). The molecule has 4 N–H and O–H groups in total. The van der Waals surface area contributed by atoms with E-state index in [-0.39, 0.29) is 12.2 Å². The Morgan fingerprint density at radius 3 is 3.36 bits per heavy atom. The summed E-state index contributed by atoms with van der Waals surface area (Å²) in [5.74, 6) is 0. The summed E-state index contributed by atoms with van der Waals surface area (Å²) in [6.07, 6.45) is 1.50. The number of rotatable bonds is 0. The summed E-state index contributed by atoms with van der Waals surface area (Å²) in [6.45, 7) is 0.748. The minimum atomic E-state index is -0.234. The zero-order valence-corrected chi connectivity index (χ0v) is 7.57. The second-order valence-electron chi connectivity index (χ2n) is 3.44. The van der Waals surface area contributed by atoms with Crippen molar-refractivity contribution in [1.82, 2.24) is 15.6 Å². The summed E-state index contributed by atoms with van der Waals surface area (Å²) in [5.41, 5.74) is 7.76. The van der Waals surface area contributed by atoms with Crippen molar-refractivity contribution in [3.8, 4) is 0 Å². The molecule has 2 atom stereocenters. The molecule has 0 radical (unpaired) electrons. The lowest BCUT2D eigenvalue weighted by atomic mass is 10.1. The van der Waals surface area contributed by atoms with E-state index in [2.05, 4.69) is 20.6 Å². The molecule has 2 unspecified atom stereocenters. The van der Waals surface area contributed by atoms with Crippen molar-refractivity contribution >= 4 is 5.70 Å². The van der Waals surface area contributed by atoms with E-state index in [1.807, 2.05) is 12.1 Å². The standard InChI is InChI=1S/C9H11N5/c10-8-7-6(12-4-13-7)5-2-1-3-11-9(5)14-8/h1-3,7-8,12-13H,4,10H2. The highest BCUT2D eigenvalue weighted by molar-refractivity contribution is 5.52. The first-order chi connectivity index (χ1) is 6.86. The van der Waals surface area contributed by atoms with Crippen LogP contribution in [0, 0.1) is 0 Å². The molecule has 1 fully saturated rings. The smallest absolute Gasteiger partial charge is 0.157 e. The fourth-order valence-electron chi connectivity index (χ4n) is 1.95. The molecule has 14 heavy (non-hydrogen) atoms. The lowest BCUT2D eigenvalue weighted by Crippen LogP contribution is -2.50. The van der Waals surface area contributed by atoms with Crippen LogP contribution in [0.15, 0.2) is 23.3 Å². The van der Waals surface area contributed by atoms with Gasteiger partial charge in [0.25, 0.3) is 0 Å². The number of hydrogen-bond donors (Lipinski definition) is 3. The molecule has 2 aliphatic heterocycles. The molecule has 1 saturated heterocycles. The van der Waals surface area contributed by atoms with Gasteiger partial charge in [-0.05, 0) is 12.1 Å². The van der Waals surface area contributed by atoms with Crippen LogP contribution in [0.5, 0.6) is 0 Å². The van der Waals surface area contributed by atoms with E-state index < -0.39 is 0 Å². The van der Waals surface area contributed by atoms with Crippen molar-refractivity contribution in [2.24, 2.45) is 10.7 Å². The number of pyridine rings is 1. The Morgan fingerprint density at radius 2 is 2.43 bits per heavy atom. The lowest BCUT2D eigenvalue weighted by molar-refractivity contribution is 0.542. The maximum Gasteiger partial charge on any atom is 0.157 e. The third-order valence-electron chi connectivity index (χ3n) is 2.60. The third-order valence-corrected chi connectivity index (χ3v) is 2.60. The van der Waals surface area contributed by atoms with E-state index >= 15 is 0 Å². The van der Waals surface area contributed by atoms with Crippen molar-refractivity contribution in [2.45, 2.75) is 12.2 Å².